The van der Waals surface area contributed by atoms with E-state index in [0.29, 0.717) is 25.3 Å². The third-order valence-electron chi connectivity index (χ3n) is 4.66. The number of carbonyl (C=O) groups excluding carboxylic acids is 1. The average molecular weight is 378 g/mol. The Balaban J connectivity index is 1.52. The minimum atomic E-state index is -3.66. The maximum atomic E-state index is 12.9. The van der Waals surface area contributed by atoms with E-state index < -0.39 is 16.1 Å². The highest BCUT2D eigenvalue weighted by molar-refractivity contribution is 7.89. The molecule has 1 aromatic heterocycles. The predicted molar refractivity (Wildman–Crippen MR) is 90.7 cm³/mol. The van der Waals surface area contributed by atoms with Crippen LogP contribution in [0.2, 0.25) is 0 Å². The Morgan fingerprint density at radius 3 is 2.81 bits per heavy atom. The van der Waals surface area contributed by atoms with E-state index in [9.17, 15) is 13.2 Å². The van der Waals surface area contributed by atoms with Crippen LogP contribution in [0.25, 0.3) is 0 Å². The fourth-order valence-corrected chi connectivity index (χ4v) is 4.85. The van der Waals surface area contributed by atoms with Crippen molar-refractivity contribution in [3.05, 3.63) is 36.2 Å². The highest BCUT2D eigenvalue weighted by Gasteiger charge is 2.40. The van der Waals surface area contributed by atoms with Crippen molar-refractivity contribution in [2.24, 2.45) is 5.73 Å². The molecule has 2 aliphatic heterocycles. The highest BCUT2D eigenvalue weighted by Crippen LogP contribution is 2.32. The molecule has 26 heavy (non-hydrogen) atoms. The van der Waals surface area contributed by atoms with Crippen molar-refractivity contribution in [2.45, 2.75) is 30.1 Å². The van der Waals surface area contributed by atoms with Crippen molar-refractivity contribution in [2.75, 3.05) is 18.4 Å². The fraction of sp³-hybridized carbons (Fsp3) is 0.400. The summed E-state index contributed by atoms with van der Waals surface area (Å²) in [4.78, 5) is 11.0. The van der Waals surface area contributed by atoms with Gasteiger partial charge in [-0.25, -0.2) is 17.9 Å². The highest BCUT2D eigenvalue weighted by atomic mass is 32.2. The summed E-state index contributed by atoms with van der Waals surface area (Å²) in [6.07, 6.45) is 2.01. The van der Waals surface area contributed by atoms with Crippen LogP contribution in [0.15, 0.2) is 35.4 Å². The molecule has 138 valence electrons. The number of nitrogens with two attached hydrogens (primary N) is 1. The number of carbonyl (C=O) groups is 1. The Labute approximate surface area is 150 Å². The van der Waals surface area contributed by atoms with Crippen LogP contribution in [0.5, 0.6) is 0 Å². The number of benzene rings is 1. The minimum absolute atomic E-state index is 0.00478. The Morgan fingerprint density at radius 1 is 1.31 bits per heavy atom. The topological polar surface area (TPSA) is 132 Å². The molecule has 1 aromatic carbocycles. The number of piperidine rings is 1. The zero-order valence-electron chi connectivity index (χ0n) is 13.8. The summed E-state index contributed by atoms with van der Waals surface area (Å²) in [7, 11) is -3.66. The fourth-order valence-electron chi connectivity index (χ4n) is 3.38. The number of sulfonamides is 1. The van der Waals surface area contributed by atoms with E-state index in [-0.39, 0.29) is 23.6 Å². The monoisotopic (exact) mass is 378 g/mol. The Morgan fingerprint density at radius 2 is 2.08 bits per heavy atom. The lowest BCUT2D eigenvalue weighted by Crippen LogP contribution is -2.50. The van der Waals surface area contributed by atoms with Gasteiger partial charge in [0.15, 0.2) is 0 Å². The summed E-state index contributed by atoms with van der Waals surface area (Å²) >= 11 is 0. The summed E-state index contributed by atoms with van der Waals surface area (Å²) in [5.41, 5.74) is 6.39. The van der Waals surface area contributed by atoms with Crippen LogP contribution in [0.3, 0.4) is 0 Å². The van der Waals surface area contributed by atoms with E-state index in [2.05, 4.69) is 15.6 Å². The third-order valence-corrected chi connectivity index (χ3v) is 6.53. The van der Waals surface area contributed by atoms with Gasteiger partial charge in [0.2, 0.25) is 10.0 Å². The van der Waals surface area contributed by atoms with Crippen molar-refractivity contribution >= 4 is 21.7 Å². The lowest BCUT2D eigenvalue weighted by atomic mass is 10.0. The first kappa shape index (κ1) is 16.9. The molecule has 2 amide bonds. The number of aromatic nitrogens is 3. The predicted octanol–water partition coefficient (Wildman–Crippen LogP) is 0.303. The zero-order chi connectivity index (χ0) is 18.3. The van der Waals surface area contributed by atoms with E-state index in [1.165, 1.54) is 28.6 Å². The number of nitrogens with zero attached hydrogens (tertiary/aromatic N) is 4. The first-order valence-electron chi connectivity index (χ1n) is 8.12. The lowest BCUT2D eigenvalue weighted by molar-refractivity contribution is -0.0543. The van der Waals surface area contributed by atoms with Crippen molar-refractivity contribution in [1.29, 1.82) is 0 Å². The number of anilines is 1. The molecular weight excluding hydrogens is 360 g/mol. The van der Waals surface area contributed by atoms with Crippen molar-refractivity contribution in [3.8, 4) is 0 Å². The van der Waals surface area contributed by atoms with E-state index >= 15 is 0 Å². The van der Waals surface area contributed by atoms with Crippen LogP contribution in [-0.2, 0) is 21.4 Å². The van der Waals surface area contributed by atoms with Gasteiger partial charge < -0.3 is 15.8 Å². The number of primary amides is 1. The summed E-state index contributed by atoms with van der Waals surface area (Å²) in [5, 5.41) is 10.4. The second-order valence-corrected chi connectivity index (χ2v) is 8.19. The molecule has 0 bridgehead atoms. The molecular formula is C15H18N6O4S. The number of nitrogens with one attached hydrogen (secondary N) is 1. The molecule has 2 aliphatic rings. The number of ether oxygens (including phenoxy) is 1. The summed E-state index contributed by atoms with van der Waals surface area (Å²) in [6, 6.07) is 5.19. The molecule has 10 nitrogen and oxygen atoms in total. The number of hydrogen-bond donors (Lipinski definition) is 2. The largest absolute Gasteiger partial charge is 0.368 e. The molecule has 3 N–H and O–H groups in total. The van der Waals surface area contributed by atoms with Gasteiger partial charge in [-0.05, 0) is 30.7 Å². The molecule has 1 fully saturated rings. The van der Waals surface area contributed by atoms with Crippen LogP contribution in [0.4, 0.5) is 10.5 Å². The molecule has 0 unspecified atom stereocenters. The van der Waals surface area contributed by atoms with Crippen molar-refractivity contribution in [3.63, 3.8) is 0 Å². The smallest absolute Gasteiger partial charge is 0.316 e. The molecule has 0 saturated carbocycles. The van der Waals surface area contributed by atoms with Gasteiger partial charge in [-0.2, -0.15) is 4.31 Å². The molecule has 2 aromatic rings. The number of hydrogen-bond acceptors (Lipinski definition) is 6. The number of urea groups is 1. The van der Waals surface area contributed by atoms with Gasteiger partial charge in [0.05, 0.1) is 35.5 Å². The number of amides is 2. The third kappa shape index (κ3) is 2.93. The second kappa shape index (κ2) is 6.34. The van der Waals surface area contributed by atoms with Crippen LogP contribution in [-0.4, -0.2) is 52.9 Å². The molecule has 2 atom stereocenters. The molecule has 3 heterocycles. The SMILES string of the molecule is NC(=O)Nc1ccc(S(=O)(=O)N2CC[C@H]3[C@H](C2)OCc2cnnn23)cc1. The van der Waals surface area contributed by atoms with Crippen molar-refractivity contribution < 1.29 is 17.9 Å². The molecule has 11 heteroatoms. The van der Waals surface area contributed by atoms with E-state index in [1.807, 2.05) is 4.68 Å². The number of fused-ring (bicyclic) bond motifs is 3. The maximum Gasteiger partial charge on any atom is 0.316 e. The maximum absolute atomic E-state index is 12.9. The molecule has 1 saturated heterocycles. The van der Waals surface area contributed by atoms with Gasteiger partial charge in [0, 0.05) is 18.8 Å². The van der Waals surface area contributed by atoms with Crippen LogP contribution < -0.4 is 11.1 Å². The van der Waals surface area contributed by atoms with E-state index in [0.717, 1.165) is 5.69 Å². The molecule has 4 rings (SSSR count). The van der Waals surface area contributed by atoms with Gasteiger partial charge in [-0.1, -0.05) is 5.21 Å². The summed E-state index contributed by atoms with van der Waals surface area (Å²) in [6.45, 7) is 0.997. The van der Waals surface area contributed by atoms with E-state index in [1.54, 1.807) is 6.20 Å². The zero-order valence-corrected chi connectivity index (χ0v) is 14.6. The number of rotatable bonds is 3. The Hall–Kier alpha value is -2.50. The second-order valence-electron chi connectivity index (χ2n) is 6.25. The normalized spacial score (nSPS) is 23.1. The standard InChI is InChI=1S/C15H18N6O4S/c16-15(22)18-10-1-3-12(4-2-10)26(23,24)20-6-5-13-14(8-20)25-9-11-7-17-19-21(11)13/h1-4,7,13-14H,5-6,8-9H2,(H3,16,18,22)/t13-,14-/m0/s1. The van der Waals surface area contributed by atoms with Gasteiger partial charge in [-0.15, -0.1) is 5.10 Å². The first-order chi connectivity index (χ1) is 12.4. The lowest BCUT2D eigenvalue weighted by Gasteiger charge is -2.40. The summed E-state index contributed by atoms with van der Waals surface area (Å²) in [5.74, 6) is 0. The molecule has 0 aliphatic carbocycles. The van der Waals surface area contributed by atoms with Crippen LogP contribution >= 0.6 is 0 Å². The van der Waals surface area contributed by atoms with Gasteiger partial charge in [-0.3, -0.25) is 0 Å². The first-order valence-corrected chi connectivity index (χ1v) is 9.56. The minimum Gasteiger partial charge on any atom is -0.368 e. The van der Waals surface area contributed by atoms with E-state index in [4.69, 9.17) is 10.5 Å². The Kier molecular flexibility index (Phi) is 4.13. The average Bonchev–Trinajstić information content (AvgIpc) is 3.10. The van der Waals surface area contributed by atoms with Crippen molar-refractivity contribution in [1.82, 2.24) is 19.3 Å². The Bertz CT molecular complexity index is 926. The van der Waals surface area contributed by atoms with Crippen LogP contribution in [0, 0.1) is 0 Å². The van der Waals surface area contributed by atoms with Gasteiger partial charge in [0.1, 0.15) is 0 Å². The summed E-state index contributed by atoms with van der Waals surface area (Å²) < 4.78 is 34.9. The quantitative estimate of drug-likeness (QED) is 0.789. The molecule has 0 spiro atoms. The van der Waals surface area contributed by atoms with Gasteiger partial charge in [0.25, 0.3) is 0 Å². The van der Waals surface area contributed by atoms with Crippen LogP contribution in [0.1, 0.15) is 18.2 Å². The van der Waals surface area contributed by atoms with Gasteiger partial charge >= 0.3 is 6.03 Å². The molecule has 0 radical (unpaired) electrons.